The summed E-state index contributed by atoms with van der Waals surface area (Å²) >= 11 is 1.54. The third-order valence-corrected chi connectivity index (χ3v) is 5.59. The third kappa shape index (κ3) is 12.7. The SMILES string of the molecule is CC(CC(=O)O)Sc1ccccc1OCCCCCCCCCCCC(=O)O. The van der Waals surface area contributed by atoms with Gasteiger partial charge in [-0.1, -0.05) is 64.0 Å². The van der Waals surface area contributed by atoms with Crippen molar-refractivity contribution >= 4 is 23.7 Å². The van der Waals surface area contributed by atoms with Gasteiger partial charge >= 0.3 is 11.9 Å². The Morgan fingerprint density at radius 2 is 1.46 bits per heavy atom. The first-order valence-corrected chi connectivity index (χ1v) is 11.2. The van der Waals surface area contributed by atoms with Crippen LogP contribution in [-0.4, -0.2) is 34.0 Å². The molecule has 158 valence electrons. The van der Waals surface area contributed by atoms with Crippen LogP contribution in [0.15, 0.2) is 29.2 Å². The molecule has 0 bridgehead atoms. The fraction of sp³-hybridized carbons (Fsp3) is 0.636. The van der Waals surface area contributed by atoms with Crippen LogP contribution in [0.1, 0.15) is 77.6 Å². The topological polar surface area (TPSA) is 83.8 Å². The van der Waals surface area contributed by atoms with E-state index in [0.29, 0.717) is 13.0 Å². The van der Waals surface area contributed by atoms with Crippen molar-refractivity contribution in [3.05, 3.63) is 24.3 Å². The minimum Gasteiger partial charge on any atom is -0.492 e. The van der Waals surface area contributed by atoms with E-state index in [0.717, 1.165) is 42.7 Å². The van der Waals surface area contributed by atoms with Crippen molar-refractivity contribution < 1.29 is 24.5 Å². The number of carboxylic acid groups (broad SMARTS) is 2. The summed E-state index contributed by atoms with van der Waals surface area (Å²) in [5.41, 5.74) is 0. The van der Waals surface area contributed by atoms with Gasteiger partial charge in [0.15, 0.2) is 0 Å². The summed E-state index contributed by atoms with van der Waals surface area (Å²) < 4.78 is 5.92. The molecule has 1 aromatic carbocycles. The van der Waals surface area contributed by atoms with Gasteiger partial charge in [-0.15, -0.1) is 11.8 Å². The molecular formula is C22H34O5S. The second-order valence-corrected chi connectivity index (χ2v) is 8.63. The zero-order valence-electron chi connectivity index (χ0n) is 16.9. The van der Waals surface area contributed by atoms with E-state index in [1.807, 2.05) is 31.2 Å². The molecule has 0 aromatic heterocycles. The summed E-state index contributed by atoms with van der Waals surface area (Å²) in [6, 6.07) is 7.82. The predicted octanol–water partition coefficient (Wildman–Crippen LogP) is 6.01. The monoisotopic (exact) mass is 410 g/mol. The standard InChI is InChI=1S/C22H34O5S/c1-18(17-22(25)26)28-20-14-11-10-13-19(20)27-16-12-8-6-4-2-3-5-7-9-15-21(23)24/h10-11,13-14,18H,2-9,12,15-17H2,1H3,(H,23,24)(H,25,26). The van der Waals surface area contributed by atoms with Crippen LogP contribution in [-0.2, 0) is 9.59 Å². The van der Waals surface area contributed by atoms with E-state index in [4.69, 9.17) is 14.9 Å². The van der Waals surface area contributed by atoms with Crippen molar-refractivity contribution in [1.82, 2.24) is 0 Å². The summed E-state index contributed by atoms with van der Waals surface area (Å²) in [7, 11) is 0. The first kappa shape index (κ1) is 24.3. The molecule has 1 atom stereocenters. The summed E-state index contributed by atoms with van der Waals surface area (Å²) in [6.45, 7) is 2.60. The Balaban J connectivity index is 2.09. The number of hydrogen-bond acceptors (Lipinski definition) is 4. The molecule has 1 aromatic rings. The van der Waals surface area contributed by atoms with Gasteiger partial charge in [-0.25, -0.2) is 0 Å². The second kappa shape index (κ2) is 15.3. The number of carboxylic acids is 2. The lowest BCUT2D eigenvalue weighted by Gasteiger charge is -2.14. The molecule has 0 fully saturated rings. The molecule has 0 heterocycles. The lowest BCUT2D eigenvalue weighted by Crippen LogP contribution is -2.06. The van der Waals surface area contributed by atoms with E-state index < -0.39 is 11.9 Å². The maximum absolute atomic E-state index is 10.8. The van der Waals surface area contributed by atoms with E-state index in [2.05, 4.69) is 0 Å². The van der Waals surface area contributed by atoms with Gasteiger partial charge in [0.25, 0.3) is 0 Å². The Morgan fingerprint density at radius 1 is 0.893 bits per heavy atom. The minimum absolute atomic E-state index is 0.00591. The van der Waals surface area contributed by atoms with Gasteiger partial charge < -0.3 is 14.9 Å². The van der Waals surface area contributed by atoms with Crippen LogP contribution in [0.5, 0.6) is 5.75 Å². The van der Waals surface area contributed by atoms with E-state index in [1.165, 1.54) is 25.7 Å². The maximum Gasteiger partial charge on any atom is 0.304 e. The lowest BCUT2D eigenvalue weighted by atomic mass is 10.1. The maximum atomic E-state index is 10.8. The zero-order valence-corrected chi connectivity index (χ0v) is 17.7. The van der Waals surface area contributed by atoms with Crippen LogP contribution < -0.4 is 4.74 Å². The molecule has 0 saturated carbocycles. The molecule has 0 aliphatic heterocycles. The lowest BCUT2D eigenvalue weighted by molar-refractivity contribution is -0.138. The number of rotatable bonds is 17. The van der Waals surface area contributed by atoms with Crippen molar-refractivity contribution in [2.75, 3.05) is 6.61 Å². The summed E-state index contributed by atoms with van der Waals surface area (Å²) in [5.74, 6) is -0.636. The fourth-order valence-electron chi connectivity index (χ4n) is 2.97. The highest BCUT2D eigenvalue weighted by Gasteiger charge is 2.12. The van der Waals surface area contributed by atoms with Gasteiger partial charge in [0.2, 0.25) is 0 Å². The number of hydrogen-bond donors (Lipinski definition) is 2. The highest BCUT2D eigenvalue weighted by molar-refractivity contribution is 8.00. The highest BCUT2D eigenvalue weighted by Crippen LogP contribution is 2.33. The van der Waals surface area contributed by atoms with Crippen LogP contribution in [0, 0.1) is 0 Å². The molecule has 0 aliphatic carbocycles. The van der Waals surface area contributed by atoms with E-state index in [9.17, 15) is 9.59 Å². The molecule has 2 N–H and O–H groups in total. The number of ether oxygens (including phenoxy) is 1. The van der Waals surface area contributed by atoms with E-state index >= 15 is 0 Å². The van der Waals surface area contributed by atoms with Crippen molar-refractivity contribution in [1.29, 1.82) is 0 Å². The van der Waals surface area contributed by atoms with Gasteiger partial charge in [-0.3, -0.25) is 9.59 Å². The molecular weight excluding hydrogens is 376 g/mol. The first-order valence-electron chi connectivity index (χ1n) is 10.3. The van der Waals surface area contributed by atoms with Crippen LogP contribution in [0.3, 0.4) is 0 Å². The first-order chi connectivity index (χ1) is 13.5. The Bertz CT molecular complexity index is 576. The highest BCUT2D eigenvalue weighted by atomic mass is 32.2. The number of aliphatic carboxylic acids is 2. The van der Waals surface area contributed by atoms with Gasteiger partial charge in [0, 0.05) is 16.6 Å². The van der Waals surface area contributed by atoms with E-state index in [1.54, 1.807) is 11.8 Å². The third-order valence-electron chi connectivity index (χ3n) is 4.43. The summed E-state index contributed by atoms with van der Waals surface area (Å²) in [4.78, 5) is 22.2. The van der Waals surface area contributed by atoms with Gasteiger partial charge in [0.1, 0.15) is 5.75 Å². The Morgan fingerprint density at radius 3 is 2.07 bits per heavy atom. The van der Waals surface area contributed by atoms with Gasteiger partial charge in [0.05, 0.1) is 13.0 Å². The number of carbonyl (C=O) groups is 2. The predicted molar refractivity (Wildman–Crippen MR) is 113 cm³/mol. The van der Waals surface area contributed by atoms with Gasteiger partial charge in [-0.05, 0) is 25.0 Å². The summed E-state index contributed by atoms with van der Waals surface area (Å²) in [5, 5.41) is 17.5. The minimum atomic E-state index is -0.779. The van der Waals surface area contributed by atoms with E-state index in [-0.39, 0.29) is 11.7 Å². The molecule has 0 aliphatic rings. The number of benzene rings is 1. The molecule has 1 unspecified atom stereocenters. The average molecular weight is 411 g/mol. The largest absolute Gasteiger partial charge is 0.492 e. The molecule has 6 heteroatoms. The molecule has 0 spiro atoms. The van der Waals surface area contributed by atoms with Crippen molar-refractivity contribution in [2.45, 2.75) is 87.7 Å². The number of unbranched alkanes of at least 4 members (excludes halogenated alkanes) is 8. The number of para-hydroxylation sites is 1. The van der Waals surface area contributed by atoms with Crippen LogP contribution in [0.2, 0.25) is 0 Å². The zero-order chi connectivity index (χ0) is 20.6. The van der Waals surface area contributed by atoms with Gasteiger partial charge in [-0.2, -0.15) is 0 Å². The van der Waals surface area contributed by atoms with Crippen molar-refractivity contribution in [2.24, 2.45) is 0 Å². The van der Waals surface area contributed by atoms with Crippen molar-refractivity contribution in [3.63, 3.8) is 0 Å². The molecule has 0 amide bonds. The van der Waals surface area contributed by atoms with Crippen LogP contribution in [0.25, 0.3) is 0 Å². The quantitative estimate of drug-likeness (QED) is 0.242. The molecule has 0 radical (unpaired) electrons. The van der Waals surface area contributed by atoms with Crippen LogP contribution >= 0.6 is 11.8 Å². The molecule has 5 nitrogen and oxygen atoms in total. The second-order valence-electron chi connectivity index (χ2n) is 7.15. The molecule has 28 heavy (non-hydrogen) atoms. The van der Waals surface area contributed by atoms with Crippen LogP contribution in [0.4, 0.5) is 0 Å². The van der Waals surface area contributed by atoms with Crippen molar-refractivity contribution in [3.8, 4) is 5.75 Å². The molecule has 0 saturated heterocycles. The Labute approximate surface area is 172 Å². The Kier molecular flexibility index (Phi) is 13.3. The number of thioether (sulfide) groups is 1. The average Bonchev–Trinajstić information content (AvgIpc) is 2.63. The summed E-state index contributed by atoms with van der Waals surface area (Å²) in [6.07, 6.45) is 10.4. The fourth-order valence-corrected chi connectivity index (χ4v) is 4.03. The smallest absolute Gasteiger partial charge is 0.304 e. The molecule has 1 rings (SSSR count). The normalized spacial score (nSPS) is 11.9. The Hall–Kier alpha value is -1.69.